The van der Waals surface area contributed by atoms with Gasteiger partial charge in [-0.05, 0) is 50.6 Å². The van der Waals surface area contributed by atoms with E-state index < -0.39 is 11.7 Å². The summed E-state index contributed by atoms with van der Waals surface area (Å²) in [5.74, 6) is 0.394. The summed E-state index contributed by atoms with van der Waals surface area (Å²) in [5.41, 5.74) is 3.79. The van der Waals surface area contributed by atoms with Crippen LogP contribution in [0.15, 0.2) is 36.7 Å². The second kappa shape index (κ2) is 8.81. The number of halogens is 3. The molecule has 1 atom stereocenters. The Labute approximate surface area is 199 Å². The van der Waals surface area contributed by atoms with E-state index in [-0.39, 0.29) is 11.8 Å². The summed E-state index contributed by atoms with van der Waals surface area (Å²) in [5, 5.41) is 0. The number of fused-ring (bicyclic) bond motifs is 1. The highest BCUT2D eigenvalue weighted by Crippen LogP contribution is 2.32. The number of hydrogen-bond acceptors (Lipinski definition) is 8. The van der Waals surface area contributed by atoms with Crippen LogP contribution in [-0.2, 0) is 10.9 Å². The molecule has 5 heterocycles. The summed E-state index contributed by atoms with van der Waals surface area (Å²) >= 11 is 0. The average molecular weight is 481 g/mol. The normalized spacial score (nSPS) is 16.6. The van der Waals surface area contributed by atoms with Crippen molar-refractivity contribution in [3.8, 4) is 11.4 Å². The van der Waals surface area contributed by atoms with E-state index in [0.29, 0.717) is 53.9 Å². The van der Waals surface area contributed by atoms with Crippen LogP contribution in [0.4, 0.5) is 19.1 Å². The maximum absolute atomic E-state index is 13.1. The van der Waals surface area contributed by atoms with Gasteiger partial charge >= 0.3 is 6.18 Å². The number of pyridine rings is 2. The fourth-order valence-corrected chi connectivity index (χ4v) is 3.92. The van der Waals surface area contributed by atoms with Gasteiger partial charge in [0.2, 0.25) is 5.95 Å². The second-order valence-electron chi connectivity index (χ2n) is 8.40. The van der Waals surface area contributed by atoms with E-state index in [0.717, 1.165) is 23.5 Å². The summed E-state index contributed by atoms with van der Waals surface area (Å²) in [7, 11) is 0. The van der Waals surface area contributed by atoms with E-state index in [2.05, 4.69) is 24.9 Å². The van der Waals surface area contributed by atoms with Gasteiger partial charge < -0.3 is 9.64 Å². The lowest BCUT2D eigenvalue weighted by Crippen LogP contribution is -2.39. The smallest absolute Gasteiger partial charge is 0.370 e. The molecule has 0 aliphatic carbocycles. The highest BCUT2D eigenvalue weighted by atomic mass is 19.4. The topological polar surface area (TPSA) is 89.8 Å². The van der Waals surface area contributed by atoms with E-state index in [1.54, 1.807) is 6.20 Å². The van der Waals surface area contributed by atoms with Crippen LogP contribution in [0.3, 0.4) is 0 Å². The largest absolute Gasteiger partial charge is 0.417 e. The highest BCUT2D eigenvalue weighted by molar-refractivity contribution is 5.86. The van der Waals surface area contributed by atoms with Gasteiger partial charge in [0.25, 0.3) is 0 Å². The molecule has 0 N–H and O–H groups in total. The van der Waals surface area contributed by atoms with E-state index in [4.69, 9.17) is 9.72 Å². The molecule has 0 bridgehead atoms. The molecule has 0 saturated carbocycles. The van der Waals surface area contributed by atoms with E-state index in [1.807, 2.05) is 37.8 Å². The molecular weight excluding hydrogens is 459 g/mol. The van der Waals surface area contributed by atoms with Crippen LogP contribution in [0, 0.1) is 20.8 Å². The molecule has 0 aromatic carbocycles. The number of alkyl halides is 3. The van der Waals surface area contributed by atoms with Crippen molar-refractivity contribution in [1.29, 1.82) is 0 Å². The van der Waals surface area contributed by atoms with Gasteiger partial charge in [0.1, 0.15) is 17.3 Å². The molecule has 5 rings (SSSR count). The molecule has 35 heavy (non-hydrogen) atoms. The third-order valence-electron chi connectivity index (χ3n) is 5.91. The van der Waals surface area contributed by atoms with Crippen LogP contribution < -0.4 is 4.90 Å². The molecule has 4 aromatic rings. The number of morpholine rings is 1. The fourth-order valence-electron chi connectivity index (χ4n) is 3.92. The zero-order valence-electron chi connectivity index (χ0n) is 19.3. The first kappa shape index (κ1) is 23.0. The molecule has 0 unspecified atom stereocenters. The average Bonchev–Trinajstić information content (AvgIpc) is 2.84. The molecule has 4 aromatic heterocycles. The number of ether oxygens (including phenoxy) is 1. The van der Waals surface area contributed by atoms with Gasteiger partial charge in [-0.25, -0.2) is 15.0 Å². The van der Waals surface area contributed by atoms with Crippen LogP contribution in [0.25, 0.3) is 22.6 Å². The summed E-state index contributed by atoms with van der Waals surface area (Å²) < 4.78 is 45.2. The molecule has 1 aliphatic rings. The molecule has 180 valence electrons. The first-order valence-electron chi connectivity index (χ1n) is 11.0. The first-order chi connectivity index (χ1) is 16.7. The van der Waals surface area contributed by atoms with Crippen molar-refractivity contribution in [2.75, 3.05) is 24.6 Å². The monoisotopic (exact) mass is 481 g/mol. The standard InChI is InChI=1S/C24H22F3N7O/c1-13-10-16(6-7-28-13)19-12-34(8-9-35-19)23-32-20(18-5-4-17(11-29-18)24(25,26)27)21-22(33-23)31-15(3)14(2)30-21/h4-7,10-11,19H,8-9,12H2,1-3H3/t19-/m1/s1. The number of rotatable bonds is 3. The minimum atomic E-state index is -4.48. The highest BCUT2D eigenvalue weighted by Gasteiger charge is 2.31. The fraction of sp³-hybridized carbons (Fsp3) is 0.333. The summed E-state index contributed by atoms with van der Waals surface area (Å²) in [6, 6.07) is 6.18. The van der Waals surface area contributed by atoms with Gasteiger partial charge in [-0.15, -0.1) is 0 Å². The number of anilines is 1. The van der Waals surface area contributed by atoms with Crippen molar-refractivity contribution in [3.63, 3.8) is 0 Å². The van der Waals surface area contributed by atoms with Crippen LogP contribution in [-0.4, -0.2) is 49.6 Å². The molecular formula is C24H22F3N7O. The van der Waals surface area contributed by atoms with Crippen LogP contribution in [0.1, 0.15) is 34.3 Å². The van der Waals surface area contributed by atoms with Gasteiger partial charge in [0, 0.05) is 24.6 Å². The predicted octanol–water partition coefficient (Wildman–Crippen LogP) is 4.40. The molecule has 1 saturated heterocycles. The Hall–Kier alpha value is -3.73. The van der Waals surface area contributed by atoms with E-state index in [1.165, 1.54) is 6.07 Å². The first-order valence-corrected chi connectivity index (χ1v) is 11.0. The van der Waals surface area contributed by atoms with E-state index >= 15 is 0 Å². The van der Waals surface area contributed by atoms with Gasteiger partial charge in [-0.2, -0.15) is 18.2 Å². The third-order valence-corrected chi connectivity index (χ3v) is 5.91. The van der Waals surface area contributed by atoms with E-state index in [9.17, 15) is 13.2 Å². The lowest BCUT2D eigenvalue weighted by Gasteiger charge is -2.33. The summed E-state index contributed by atoms with van der Waals surface area (Å²) in [6.07, 6.45) is -2.14. The lowest BCUT2D eigenvalue weighted by molar-refractivity contribution is -0.137. The third kappa shape index (κ3) is 4.63. The van der Waals surface area contributed by atoms with Crippen molar-refractivity contribution >= 4 is 17.1 Å². The van der Waals surface area contributed by atoms with Gasteiger partial charge in [-0.3, -0.25) is 9.97 Å². The minimum absolute atomic E-state index is 0.205. The minimum Gasteiger partial charge on any atom is -0.370 e. The van der Waals surface area contributed by atoms with Crippen molar-refractivity contribution < 1.29 is 17.9 Å². The zero-order chi connectivity index (χ0) is 24.7. The van der Waals surface area contributed by atoms with Crippen molar-refractivity contribution in [2.45, 2.75) is 33.1 Å². The van der Waals surface area contributed by atoms with Crippen LogP contribution in [0.2, 0.25) is 0 Å². The maximum atomic E-state index is 13.1. The van der Waals surface area contributed by atoms with Gasteiger partial charge in [0.15, 0.2) is 5.65 Å². The quantitative estimate of drug-likeness (QED) is 0.425. The summed E-state index contributed by atoms with van der Waals surface area (Å²) in [4.78, 5) is 28.8. The Bertz CT molecular complexity index is 1390. The Morgan fingerprint density at radius 3 is 2.49 bits per heavy atom. The molecule has 11 heteroatoms. The Balaban J connectivity index is 1.58. The molecule has 0 amide bonds. The van der Waals surface area contributed by atoms with Crippen LogP contribution >= 0.6 is 0 Å². The van der Waals surface area contributed by atoms with Crippen molar-refractivity contribution in [3.05, 3.63) is 64.9 Å². The molecule has 8 nitrogen and oxygen atoms in total. The van der Waals surface area contributed by atoms with Crippen molar-refractivity contribution in [2.24, 2.45) is 0 Å². The molecule has 0 spiro atoms. The summed E-state index contributed by atoms with van der Waals surface area (Å²) in [6.45, 7) is 7.05. The number of aryl methyl sites for hydroxylation is 3. The van der Waals surface area contributed by atoms with Crippen molar-refractivity contribution in [1.82, 2.24) is 29.9 Å². The Morgan fingerprint density at radius 2 is 1.77 bits per heavy atom. The second-order valence-corrected chi connectivity index (χ2v) is 8.40. The van der Waals surface area contributed by atoms with Gasteiger partial charge in [0.05, 0.1) is 35.8 Å². The SMILES string of the molecule is Cc1cc([C@H]2CN(c3nc(-c4ccc(C(F)(F)F)cn4)c4nc(C)c(C)nc4n3)CCO2)ccn1. The molecule has 0 radical (unpaired) electrons. The zero-order valence-corrected chi connectivity index (χ0v) is 19.3. The maximum Gasteiger partial charge on any atom is 0.417 e. The number of hydrogen-bond donors (Lipinski definition) is 0. The van der Waals surface area contributed by atoms with Crippen LogP contribution in [0.5, 0.6) is 0 Å². The number of aromatic nitrogens is 6. The van der Waals surface area contributed by atoms with Gasteiger partial charge in [-0.1, -0.05) is 0 Å². The molecule has 1 aliphatic heterocycles. The lowest BCUT2D eigenvalue weighted by atomic mass is 10.1. The predicted molar refractivity (Wildman–Crippen MR) is 123 cm³/mol. The Kier molecular flexibility index (Phi) is 5.79. The molecule has 1 fully saturated rings. The number of nitrogens with zero attached hydrogens (tertiary/aromatic N) is 7. The Morgan fingerprint density at radius 1 is 0.971 bits per heavy atom.